The van der Waals surface area contributed by atoms with Crippen LogP contribution in [0.5, 0.6) is 0 Å². The van der Waals surface area contributed by atoms with Gasteiger partial charge in [0.2, 0.25) is 11.9 Å². The standard InChI is InChI=1S/C27H36N6O2/c1-27(2,3)21-8-10-22(11-9-21)33-25(28)30-26(31-33)29-24-13-12-23(18-20(24)19-34)35-17-16-32-14-6-4-5-7-15-32/h8-13,18,24H,4-7,14-17H2,1-3H3,(H3,28,29,30,31). The average molecular weight is 477 g/mol. The lowest BCUT2D eigenvalue weighted by molar-refractivity contribution is 0.166. The Balaban J connectivity index is 1.36. The Bertz CT molecular complexity index is 1110. The fraction of sp³-hybridized carbons (Fsp3) is 0.481. The van der Waals surface area contributed by atoms with E-state index in [1.165, 1.54) is 31.2 Å². The van der Waals surface area contributed by atoms with Crippen molar-refractivity contribution in [2.45, 2.75) is 57.9 Å². The van der Waals surface area contributed by atoms with Crippen molar-refractivity contribution in [2.24, 2.45) is 0 Å². The fourth-order valence-corrected chi connectivity index (χ4v) is 4.36. The number of rotatable bonds is 7. The number of anilines is 2. The summed E-state index contributed by atoms with van der Waals surface area (Å²) in [7, 11) is 0. The van der Waals surface area contributed by atoms with Gasteiger partial charge < -0.3 is 15.8 Å². The number of aromatic nitrogens is 3. The van der Waals surface area contributed by atoms with Crippen molar-refractivity contribution in [3.63, 3.8) is 0 Å². The predicted octanol–water partition coefficient (Wildman–Crippen LogP) is 4.03. The van der Waals surface area contributed by atoms with Crippen LogP contribution in [0.3, 0.4) is 0 Å². The van der Waals surface area contributed by atoms with E-state index in [0.29, 0.717) is 23.9 Å². The summed E-state index contributed by atoms with van der Waals surface area (Å²) >= 11 is 0. The SMILES string of the molecule is CC(C)(C)c1ccc(-n2nc(NC3C=CC(OCCN4CCCCCC4)=CC3=C=O)nc2N)cc1. The van der Waals surface area contributed by atoms with Gasteiger partial charge in [0.25, 0.3) is 0 Å². The van der Waals surface area contributed by atoms with Gasteiger partial charge in [0.1, 0.15) is 18.3 Å². The molecule has 8 nitrogen and oxygen atoms in total. The first-order valence-electron chi connectivity index (χ1n) is 12.4. The molecule has 0 saturated carbocycles. The molecule has 0 spiro atoms. The Hall–Kier alpha value is -3.35. The summed E-state index contributed by atoms with van der Waals surface area (Å²) < 4.78 is 7.50. The maximum Gasteiger partial charge on any atom is 0.245 e. The summed E-state index contributed by atoms with van der Waals surface area (Å²) in [4.78, 5) is 18.4. The molecule has 1 atom stereocenters. The summed E-state index contributed by atoms with van der Waals surface area (Å²) in [6.07, 6.45) is 10.6. The van der Waals surface area contributed by atoms with Crippen molar-refractivity contribution in [1.82, 2.24) is 19.7 Å². The van der Waals surface area contributed by atoms with Crippen LogP contribution in [-0.4, -0.2) is 57.9 Å². The molecule has 2 aromatic rings. The lowest BCUT2D eigenvalue weighted by Gasteiger charge is -2.21. The van der Waals surface area contributed by atoms with E-state index < -0.39 is 6.04 Å². The van der Waals surface area contributed by atoms with Gasteiger partial charge in [-0.1, -0.05) is 51.8 Å². The Labute approximate surface area is 207 Å². The molecule has 3 N–H and O–H groups in total. The molecule has 1 aliphatic carbocycles. The van der Waals surface area contributed by atoms with E-state index in [-0.39, 0.29) is 11.4 Å². The van der Waals surface area contributed by atoms with E-state index in [9.17, 15) is 4.79 Å². The van der Waals surface area contributed by atoms with E-state index >= 15 is 0 Å². The van der Waals surface area contributed by atoms with E-state index in [1.807, 2.05) is 30.2 Å². The van der Waals surface area contributed by atoms with Gasteiger partial charge in [-0.15, -0.1) is 5.10 Å². The number of ether oxygens (including phenoxy) is 1. The fourth-order valence-electron chi connectivity index (χ4n) is 4.36. The molecule has 2 heterocycles. The molecule has 1 aromatic heterocycles. The van der Waals surface area contributed by atoms with Crippen molar-refractivity contribution >= 4 is 17.8 Å². The van der Waals surface area contributed by atoms with Crippen molar-refractivity contribution in [2.75, 3.05) is 37.3 Å². The lowest BCUT2D eigenvalue weighted by atomic mass is 9.87. The highest BCUT2D eigenvalue weighted by Crippen LogP contribution is 2.24. The Kier molecular flexibility index (Phi) is 7.73. The first-order valence-corrected chi connectivity index (χ1v) is 12.4. The topological polar surface area (TPSA) is 98.3 Å². The lowest BCUT2D eigenvalue weighted by Crippen LogP contribution is -2.28. The number of likely N-dealkylation sites (tertiary alicyclic amines) is 1. The molecule has 1 aliphatic heterocycles. The van der Waals surface area contributed by atoms with Crippen LogP contribution in [0.4, 0.5) is 11.9 Å². The quantitative estimate of drug-likeness (QED) is 0.582. The molecule has 0 amide bonds. The molecule has 1 unspecified atom stereocenters. The number of carbonyl (C=O) groups excluding carboxylic acids is 1. The highest BCUT2D eigenvalue weighted by molar-refractivity contribution is 5.65. The zero-order valence-electron chi connectivity index (χ0n) is 21.0. The Morgan fingerprint density at radius 1 is 1.14 bits per heavy atom. The van der Waals surface area contributed by atoms with E-state index in [1.54, 1.807) is 10.8 Å². The van der Waals surface area contributed by atoms with Crippen LogP contribution in [0.15, 0.2) is 53.8 Å². The minimum atomic E-state index is -0.413. The zero-order valence-corrected chi connectivity index (χ0v) is 21.0. The summed E-state index contributed by atoms with van der Waals surface area (Å²) in [5.41, 5.74) is 8.67. The van der Waals surface area contributed by atoms with Crippen LogP contribution in [0.2, 0.25) is 0 Å². The second-order valence-corrected chi connectivity index (χ2v) is 10.2. The number of allylic oxidation sites excluding steroid dienone is 1. The summed E-state index contributed by atoms with van der Waals surface area (Å²) in [6.45, 7) is 10.3. The normalized spacial score (nSPS) is 19.1. The zero-order chi connectivity index (χ0) is 24.8. The summed E-state index contributed by atoms with van der Waals surface area (Å²) in [5, 5.41) is 7.66. The second-order valence-electron chi connectivity index (χ2n) is 10.2. The maximum atomic E-state index is 11.7. The third-order valence-electron chi connectivity index (χ3n) is 6.47. The number of nitrogens with one attached hydrogen (secondary N) is 1. The molecule has 186 valence electrons. The van der Waals surface area contributed by atoms with Crippen molar-refractivity contribution in [1.29, 1.82) is 0 Å². The third kappa shape index (κ3) is 6.41. The molecule has 1 fully saturated rings. The number of hydrogen-bond acceptors (Lipinski definition) is 7. The van der Waals surface area contributed by atoms with Crippen LogP contribution in [0, 0.1) is 0 Å². The Morgan fingerprint density at radius 2 is 1.86 bits per heavy atom. The van der Waals surface area contributed by atoms with Crippen LogP contribution < -0.4 is 11.1 Å². The van der Waals surface area contributed by atoms with Gasteiger partial charge in [0.05, 0.1) is 17.3 Å². The van der Waals surface area contributed by atoms with E-state index in [2.05, 4.69) is 53.2 Å². The van der Waals surface area contributed by atoms with Crippen LogP contribution in [0.1, 0.15) is 52.0 Å². The van der Waals surface area contributed by atoms with Gasteiger partial charge in [0, 0.05) is 6.54 Å². The second kappa shape index (κ2) is 10.9. The van der Waals surface area contributed by atoms with Crippen molar-refractivity contribution < 1.29 is 9.53 Å². The number of nitrogen functional groups attached to an aromatic ring is 1. The number of hydrogen-bond donors (Lipinski definition) is 2. The molecule has 0 bridgehead atoms. The first-order chi connectivity index (χ1) is 16.8. The largest absolute Gasteiger partial charge is 0.492 e. The van der Waals surface area contributed by atoms with Gasteiger partial charge in [-0.2, -0.15) is 9.67 Å². The average Bonchev–Trinajstić information content (AvgIpc) is 3.02. The predicted molar refractivity (Wildman–Crippen MR) is 139 cm³/mol. The van der Waals surface area contributed by atoms with Crippen LogP contribution in [0.25, 0.3) is 5.69 Å². The van der Waals surface area contributed by atoms with Gasteiger partial charge in [-0.25, -0.2) is 4.79 Å². The minimum absolute atomic E-state index is 0.0625. The number of nitrogens with zero attached hydrogens (tertiary/aromatic N) is 4. The molecule has 0 radical (unpaired) electrons. The van der Waals surface area contributed by atoms with Crippen molar-refractivity contribution in [3.8, 4) is 5.69 Å². The molecule has 4 rings (SSSR count). The highest BCUT2D eigenvalue weighted by Gasteiger charge is 2.20. The number of nitrogens with two attached hydrogens (primary N) is 1. The third-order valence-corrected chi connectivity index (χ3v) is 6.47. The van der Waals surface area contributed by atoms with Gasteiger partial charge in [-0.3, -0.25) is 4.90 Å². The molecule has 8 heteroatoms. The molecular formula is C27H36N6O2. The molecule has 1 aromatic carbocycles. The Morgan fingerprint density at radius 3 is 2.51 bits per heavy atom. The summed E-state index contributed by atoms with van der Waals surface area (Å²) in [5.74, 6) is 3.28. The first kappa shape index (κ1) is 24.8. The minimum Gasteiger partial charge on any atom is -0.492 e. The molecule has 35 heavy (non-hydrogen) atoms. The van der Waals surface area contributed by atoms with Crippen LogP contribution in [-0.2, 0) is 14.9 Å². The molecule has 1 saturated heterocycles. The van der Waals surface area contributed by atoms with E-state index in [4.69, 9.17) is 10.5 Å². The number of benzene rings is 1. The molecular weight excluding hydrogens is 440 g/mol. The summed E-state index contributed by atoms with van der Waals surface area (Å²) in [6, 6.07) is 7.68. The van der Waals surface area contributed by atoms with E-state index in [0.717, 1.165) is 25.3 Å². The van der Waals surface area contributed by atoms with Crippen LogP contribution >= 0.6 is 0 Å². The molecule has 2 aliphatic rings. The van der Waals surface area contributed by atoms with Crippen molar-refractivity contribution in [3.05, 3.63) is 59.4 Å². The van der Waals surface area contributed by atoms with Gasteiger partial charge >= 0.3 is 0 Å². The highest BCUT2D eigenvalue weighted by atomic mass is 16.5. The maximum absolute atomic E-state index is 11.7. The van der Waals surface area contributed by atoms with Gasteiger partial charge in [-0.05, 0) is 61.2 Å². The van der Waals surface area contributed by atoms with Gasteiger partial charge in [0.15, 0.2) is 0 Å². The smallest absolute Gasteiger partial charge is 0.245 e. The monoisotopic (exact) mass is 476 g/mol.